The van der Waals surface area contributed by atoms with Gasteiger partial charge in [0, 0.05) is 0 Å². The van der Waals surface area contributed by atoms with Crippen LogP contribution in [0, 0.1) is 0 Å². The maximum absolute atomic E-state index is 2.38. The molecule has 0 bridgehead atoms. The predicted molar refractivity (Wildman–Crippen MR) is 63.8 cm³/mol. The maximum atomic E-state index is 2.38. The molecule has 0 heterocycles. The van der Waals surface area contributed by atoms with E-state index in [-0.39, 0.29) is 0 Å². The summed E-state index contributed by atoms with van der Waals surface area (Å²) in [6.07, 6.45) is 5.02. The van der Waals surface area contributed by atoms with Crippen LogP contribution in [0.4, 0.5) is 0 Å². The van der Waals surface area contributed by atoms with E-state index in [1.807, 2.05) is 0 Å². The van der Waals surface area contributed by atoms with E-state index in [1.54, 1.807) is 0 Å². The van der Waals surface area contributed by atoms with Crippen LogP contribution in [0.2, 0.25) is 0 Å². The van der Waals surface area contributed by atoms with Gasteiger partial charge in [0.2, 0.25) is 0 Å². The first-order valence-electron chi connectivity index (χ1n) is 5.90. The Morgan fingerprint density at radius 1 is 1.14 bits per heavy atom. The quantitative estimate of drug-likeness (QED) is 0.639. The van der Waals surface area contributed by atoms with Crippen LogP contribution in [0.3, 0.4) is 0 Å². The highest BCUT2D eigenvalue weighted by Crippen LogP contribution is 2.25. The zero-order valence-electron chi connectivity index (χ0n) is 9.72. The SMILES string of the molecule is CCCC(CC)c1cccc(CC)c1. The van der Waals surface area contributed by atoms with Crippen LogP contribution in [0.25, 0.3) is 0 Å². The molecule has 0 N–H and O–H groups in total. The van der Waals surface area contributed by atoms with E-state index < -0.39 is 0 Å². The Morgan fingerprint density at radius 3 is 2.50 bits per heavy atom. The molecule has 0 nitrogen and oxygen atoms in total. The zero-order chi connectivity index (χ0) is 10.4. The van der Waals surface area contributed by atoms with E-state index in [9.17, 15) is 0 Å². The summed E-state index contributed by atoms with van der Waals surface area (Å²) in [7, 11) is 0. The molecule has 0 aliphatic heterocycles. The van der Waals surface area contributed by atoms with Gasteiger partial charge in [-0.15, -0.1) is 0 Å². The van der Waals surface area contributed by atoms with Crippen LogP contribution in [-0.4, -0.2) is 0 Å². The molecule has 0 saturated heterocycles. The van der Waals surface area contributed by atoms with Crippen LogP contribution >= 0.6 is 0 Å². The minimum atomic E-state index is 0.770. The third-order valence-corrected chi connectivity index (χ3v) is 2.96. The lowest BCUT2D eigenvalue weighted by molar-refractivity contribution is 0.595. The highest BCUT2D eigenvalue weighted by atomic mass is 14.1. The van der Waals surface area contributed by atoms with Crippen molar-refractivity contribution in [3.05, 3.63) is 35.4 Å². The van der Waals surface area contributed by atoms with Gasteiger partial charge in [0.25, 0.3) is 0 Å². The molecule has 0 aromatic heterocycles. The summed E-state index contributed by atoms with van der Waals surface area (Å²) in [4.78, 5) is 0. The van der Waals surface area contributed by atoms with Crippen molar-refractivity contribution in [3.63, 3.8) is 0 Å². The highest BCUT2D eigenvalue weighted by molar-refractivity contribution is 5.26. The second-order valence-corrected chi connectivity index (χ2v) is 3.99. The summed E-state index contributed by atoms with van der Waals surface area (Å²) in [5, 5.41) is 0. The maximum Gasteiger partial charge on any atom is -0.0165 e. The van der Waals surface area contributed by atoms with E-state index in [0.717, 1.165) is 12.3 Å². The van der Waals surface area contributed by atoms with Gasteiger partial charge in [0.15, 0.2) is 0 Å². The third-order valence-electron chi connectivity index (χ3n) is 2.96. The van der Waals surface area contributed by atoms with Crippen molar-refractivity contribution < 1.29 is 0 Å². The molecule has 0 amide bonds. The van der Waals surface area contributed by atoms with Gasteiger partial charge >= 0.3 is 0 Å². The van der Waals surface area contributed by atoms with E-state index in [1.165, 1.54) is 30.4 Å². The lowest BCUT2D eigenvalue weighted by Gasteiger charge is -2.14. The molecule has 1 atom stereocenters. The van der Waals surface area contributed by atoms with Crippen molar-refractivity contribution in [3.8, 4) is 0 Å². The molecule has 1 unspecified atom stereocenters. The first-order chi connectivity index (χ1) is 6.81. The molecule has 0 spiro atoms. The summed E-state index contributed by atoms with van der Waals surface area (Å²) >= 11 is 0. The predicted octanol–water partition coefficient (Wildman–Crippen LogP) is 4.54. The fourth-order valence-corrected chi connectivity index (χ4v) is 2.02. The average molecular weight is 190 g/mol. The molecule has 1 aromatic rings. The van der Waals surface area contributed by atoms with Gasteiger partial charge in [0.1, 0.15) is 0 Å². The number of aryl methyl sites for hydroxylation is 1. The van der Waals surface area contributed by atoms with Crippen molar-refractivity contribution in [2.24, 2.45) is 0 Å². The van der Waals surface area contributed by atoms with Crippen LogP contribution in [-0.2, 0) is 6.42 Å². The van der Waals surface area contributed by atoms with Crippen molar-refractivity contribution >= 4 is 0 Å². The van der Waals surface area contributed by atoms with Crippen molar-refractivity contribution in [1.29, 1.82) is 0 Å². The first-order valence-corrected chi connectivity index (χ1v) is 5.90. The van der Waals surface area contributed by atoms with E-state index >= 15 is 0 Å². The number of hydrogen-bond acceptors (Lipinski definition) is 0. The molecule has 14 heavy (non-hydrogen) atoms. The first kappa shape index (κ1) is 11.3. The Kier molecular flexibility index (Phi) is 4.72. The monoisotopic (exact) mass is 190 g/mol. The van der Waals surface area contributed by atoms with Gasteiger partial charge in [-0.05, 0) is 36.3 Å². The smallest absolute Gasteiger partial charge is 0.0165 e. The van der Waals surface area contributed by atoms with E-state index in [0.29, 0.717) is 0 Å². The molecule has 0 aliphatic rings. The van der Waals surface area contributed by atoms with Crippen molar-refractivity contribution in [1.82, 2.24) is 0 Å². The summed E-state index contributed by atoms with van der Waals surface area (Å²) in [6.45, 7) is 6.78. The second-order valence-electron chi connectivity index (χ2n) is 3.99. The van der Waals surface area contributed by atoms with E-state index in [4.69, 9.17) is 0 Å². The van der Waals surface area contributed by atoms with Crippen LogP contribution in [0.15, 0.2) is 24.3 Å². The minimum Gasteiger partial charge on any atom is -0.0654 e. The second kappa shape index (κ2) is 5.85. The van der Waals surface area contributed by atoms with Gasteiger partial charge in [-0.25, -0.2) is 0 Å². The lowest BCUT2D eigenvalue weighted by Crippen LogP contribution is -1.97. The fraction of sp³-hybridized carbons (Fsp3) is 0.571. The fourth-order valence-electron chi connectivity index (χ4n) is 2.02. The third kappa shape index (κ3) is 2.87. The van der Waals surface area contributed by atoms with Gasteiger partial charge in [-0.3, -0.25) is 0 Å². The Morgan fingerprint density at radius 2 is 1.93 bits per heavy atom. The summed E-state index contributed by atoms with van der Waals surface area (Å²) in [5.41, 5.74) is 3.01. The van der Waals surface area contributed by atoms with Crippen LogP contribution in [0.5, 0.6) is 0 Å². The molecule has 78 valence electrons. The normalized spacial score (nSPS) is 12.8. The van der Waals surface area contributed by atoms with Crippen molar-refractivity contribution in [2.75, 3.05) is 0 Å². The van der Waals surface area contributed by atoms with Gasteiger partial charge in [-0.2, -0.15) is 0 Å². The number of benzene rings is 1. The molecule has 0 heteroatoms. The average Bonchev–Trinajstić information content (AvgIpc) is 2.26. The Hall–Kier alpha value is -0.780. The number of rotatable bonds is 5. The van der Waals surface area contributed by atoms with Gasteiger partial charge in [0.05, 0.1) is 0 Å². The molecule has 0 fully saturated rings. The Bertz CT molecular complexity index is 262. The molecule has 0 aliphatic carbocycles. The topological polar surface area (TPSA) is 0 Å². The highest BCUT2D eigenvalue weighted by Gasteiger charge is 2.07. The Balaban J connectivity index is 2.80. The number of hydrogen-bond donors (Lipinski definition) is 0. The standard InChI is InChI=1S/C14H22/c1-4-8-13(6-3)14-10-7-9-12(5-2)11-14/h7,9-11,13H,4-6,8H2,1-3H3. The Labute approximate surface area is 88.4 Å². The minimum absolute atomic E-state index is 0.770. The molecular formula is C14H22. The van der Waals surface area contributed by atoms with E-state index in [2.05, 4.69) is 45.0 Å². The van der Waals surface area contributed by atoms with Gasteiger partial charge in [-0.1, -0.05) is 51.5 Å². The largest absolute Gasteiger partial charge is 0.0654 e. The summed E-state index contributed by atoms with van der Waals surface area (Å²) in [6, 6.07) is 9.08. The molecular weight excluding hydrogens is 168 g/mol. The molecule has 0 radical (unpaired) electrons. The van der Waals surface area contributed by atoms with Crippen LogP contribution < -0.4 is 0 Å². The summed E-state index contributed by atoms with van der Waals surface area (Å²) < 4.78 is 0. The zero-order valence-corrected chi connectivity index (χ0v) is 9.72. The molecule has 1 rings (SSSR count). The van der Waals surface area contributed by atoms with Crippen molar-refractivity contribution in [2.45, 2.75) is 52.4 Å². The van der Waals surface area contributed by atoms with Crippen LogP contribution in [0.1, 0.15) is 57.1 Å². The molecule has 1 aromatic carbocycles. The lowest BCUT2D eigenvalue weighted by atomic mass is 9.91. The summed E-state index contributed by atoms with van der Waals surface area (Å²) in [5.74, 6) is 0.770. The molecule has 0 saturated carbocycles. The van der Waals surface area contributed by atoms with Gasteiger partial charge < -0.3 is 0 Å².